The summed E-state index contributed by atoms with van der Waals surface area (Å²) in [4.78, 5) is 23.6. The molecule has 2 aromatic rings. The molecule has 0 aromatic heterocycles. The molecule has 24 heavy (non-hydrogen) atoms. The predicted molar refractivity (Wildman–Crippen MR) is 90.0 cm³/mol. The number of para-hydroxylation sites is 2. The number of rotatable bonds is 5. The van der Waals surface area contributed by atoms with Crippen LogP contribution in [0.2, 0.25) is 0 Å². The predicted octanol–water partition coefficient (Wildman–Crippen LogP) is 2.10. The minimum absolute atomic E-state index is 0.138. The molecule has 3 amide bonds. The molecule has 0 saturated carbocycles. The van der Waals surface area contributed by atoms with Crippen LogP contribution >= 0.6 is 0 Å². The highest BCUT2D eigenvalue weighted by atomic mass is 16.5. The Bertz CT molecular complexity index is 701. The van der Waals surface area contributed by atoms with E-state index in [9.17, 15) is 9.59 Å². The fraction of sp³-hybridized carbons (Fsp3) is 0.176. The molecule has 126 valence electrons. The summed E-state index contributed by atoms with van der Waals surface area (Å²) >= 11 is 0. The molecular formula is C17H19N3O4. The summed E-state index contributed by atoms with van der Waals surface area (Å²) in [6, 6.07) is 13.5. The van der Waals surface area contributed by atoms with Gasteiger partial charge in [0, 0.05) is 0 Å². The van der Waals surface area contributed by atoms with E-state index < -0.39 is 6.03 Å². The Morgan fingerprint density at radius 3 is 2.29 bits per heavy atom. The summed E-state index contributed by atoms with van der Waals surface area (Å²) in [5.41, 5.74) is 5.95. The number of nitrogens with one attached hydrogen (secondary N) is 3. The first kappa shape index (κ1) is 17.1. The molecule has 2 aromatic carbocycles. The van der Waals surface area contributed by atoms with Crippen molar-refractivity contribution in [1.29, 1.82) is 0 Å². The number of amides is 3. The summed E-state index contributed by atoms with van der Waals surface area (Å²) in [6.45, 7) is 0. The van der Waals surface area contributed by atoms with Crippen LogP contribution in [-0.2, 0) is 11.2 Å². The minimum Gasteiger partial charge on any atom is -0.497 e. The Kier molecular flexibility index (Phi) is 6.01. The van der Waals surface area contributed by atoms with E-state index in [1.54, 1.807) is 55.6 Å². The monoisotopic (exact) mass is 329 g/mol. The Morgan fingerprint density at radius 2 is 1.62 bits per heavy atom. The normalized spacial score (nSPS) is 9.75. The summed E-state index contributed by atoms with van der Waals surface area (Å²) in [6.07, 6.45) is 0.138. The molecule has 0 heterocycles. The Hall–Kier alpha value is -3.22. The topological polar surface area (TPSA) is 88.7 Å². The van der Waals surface area contributed by atoms with Crippen molar-refractivity contribution in [2.75, 3.05) is 19.5 Å². The van der Waals surface area contributed by atoms with E-state index >= 15 is 0 Å². The summed E-state index contributed by atoms with van der Waals surface area (Å²) in [5.74, 6) is 0.904. The van der Waals surface area contributed by atoms with Crippen LogP contribution in [0.15, 0.2) is 48.5 Å². The second-order valence-corrected chi connectivity index (χ2v) is 4.85. The number of hydrogen-bond acceptors (Lipinski definition) is 4. The van der Waals surface area contributed by atoms with Crippen molar-refractivity contribution in [2.45, 2.75) is 6.42 Å². The minimum atomic E-state index is -0.567. The standard InChI is InChI=1S/C17H19N3O4/c1-23-13-9-7-12(8-10-13)11-16(21)19-20-17(22)18-14-5-3-4-6-15(14)24-2/h3-10H,11H2,1-2H3,(H,19,21)(H2,18,20,22). The Morgan fingerprint density at radius 1 is 0.917 bits per heavy atom. The number of methoxy groups -OCH3 is 2. The smallest absolute Gasteiger partial charge is 0.338 e. The van der Waals surface area contributed by atoms with Crippen LogP contribution in [0, 0.1) is 0 Å². The molecule has 0 aliphatic rings. The molecule has 0 radical (unpaired) electrons. The maximum absolute atomic E-state index is 11.8. The SMILES string of the molecule is COc1ccc(CC(=O)NNC(=O)Nc2ccccc2OC)cc1. The van der Waals surface area contributed by atoms with Gasteiger partial charge in [0.25, 0.3) is 0 Å². The van der Waals surface area contributed by atoms with E-state index in [4.69, 9.17) is 9.47 Å². The highest BCUT2D eigenvalue weighted by Crippen LogP contribution is 2.22. The molecule has 7 nitrogen and oxygen atoms in total. The number of urea groups is 1. The van der Waals surface area contributed by atoms with E-state index in [-0.39, 0.29) is 12.3 Å². The average Bonchev–Trinajstić information content (AvgIpc) is 2.61. The number of benzene rings is 2. The Labute approximate surface area is 139 Å². The first-order chi connectivity index (χ1) is 11.6. The van der Waals surface area contributed by atoms with Gasteiger partial charge in [0.15, 0.2) is 0 Å². The lowest BCUT2D eigenvalue weighted by molar-refractivity contribution is -0.121. The molecule has 3 N–H and O–H groups in total. The van der Waals surface area contributed by atoms with Gasteiger partial charge in [-0.3, -0.25) is 10.2 Å². The zero-order chi connectivity index (χ0) is 17.4. The van der Waals surface area contributed by atoms with Crippen LogP contribution in [0.25, 0.3) is 0 Å². The number of hydrogen-bond donors (Lipinski definition) is 3. The van der Waals surface area contributed by atoms with Crippen LogP contribution < -0.4 is 25.6 Å². The van der Waals surface area contributed by atoms with Crippen molar-refractivity contribution in [3.05, 3.63) is 54.1 Å². The largest absolute Gasteiger partial charge is 0.497 e. The highest BCUT2D eigenvalue weighted by Gasteiger charge is 2.08. The summed E-state index contributed by atoms with van der Waals surface area (Å²) in [5, 5.41) is 2.59. The number of carbonyl (C=O) groups excluding carboxylic acids is 2. The van der Waals surface area contributed by atoms with Crippen molar-refractivity contribution in [3.8, 4) is 11.5 Å². The maximum Gasteiger partial charge on any atom is 0.338 e. The lowest BCUT2D eigenvalue weighted by atomic mass is 10.1. The molecule has 0 aliphatic heterocycles. The third kappa shape index (κ3) is 4.91. The van der Waals surface area contributed by atoms with Gasteiger partial charge in [-0.1, -0.05) is 24.3 Å². The van der Waals surface area contributed by atoms with E-state index in [1.165, 1.54) is 7.11 Å². The van der Waals surface area contributed by atoms with Crippen LogP contribution in [0.3, 0.4) is 0 Å². The molecule has 0 bridgehead atoms. The molecule has 0 fully saturated rings. The molecule has 0 aliphatic carbocycles. The molecule has 0 atom stereocenters. The number of ether oxygens (including phenoxy) is 2. The second-order valence-electron chi connectivity index (χ2n) is 4.85. The van der Waals surface area contributed by atoms with Gasteiger partial charge < -0.3 is 14.8 Å². The molecule has 0 unspecified atom stereocenters. The lowest BCUT2D eigenvalue weighted by Crippen LogP contribution is -2.44. The van der Waals surface area contributed by atoms with Gasteiger partial charge in [-0.2, -0.15) is 0 Å². The van der Waals surface area contributed by atoms with Crippen LogP contribution in [0.5, 0.6) is 11.5 Å². The van der Waals surface area contributed by atoms with E-state index in [0.29, 0.717) is 17.2 Å². The summed E-state index contributed by atoms with van der Waals surface area (Å²) < 4.78 is 10.2. The van der Waals surface area contributed by atoms with Crippen molar-refractivity contribution in [2.24, 2.45) is 0 Å². The fourth-order valence-electron chi connectivity index (χ4n) is 2.00. The maximum atomic E-state index is 11.8. The van der Waals surface area contributed by atoms with Gasteiger partial charge in [0.2, 0.25) is 5.91 Å². The van der Waals surface area contributed by atoms with Crippen LogP contribution in [0.1, 0.15) is 5.56 Å². The van der Waals surface area contributed by atoms with Gasteiger partial charge in [-0.05, 0) is 29.8 Å². The summed E-state index contributed by atoms with van der Waals surface area (Å²) in [7, 11) is 3.08. The van der Waals surface area contributed by atoms with Crippen LogP contribution in [-0.4, -0.2) is 26.2 Å². The van der Waals surface area contributed by atoms with Crippen molar-refractivity contribution in [3.63, 3.8) is 0 Å². The second kappa shape index (κ2) is 8.42. The van der Waals surface area contributed by atoms with E-state index in [1.807, 2.05) is 0 Å². The molecular weight excluding hydrogens is 310 g/mol. The van der Waals surface area contributed by atoms with E-state index in [2.05, 4.69) is 16.2 Å². The molecule has 0 spiro atoms. The van der Waals surface area contributed by atoms with Crippen molar-refractivity contribution >= 4 is 17.6 Å². The third-order valence-electron chi connectivity index (χ3n) is 3.19. The number of anilines is 1. The fourth-order valence-corrected chi connectivity index (χ4v) is 2.00. The number of hydrazine groups is 1. The van der Waals surface area contributed by atoms with Crippen molar-refractivity contribution < 1.29 is 19.1 Å². The van der Waals surface area contributed by atoms with Crippen LogP contribution in [0.4, 0.5) is 10.5 Å². The van der Waals surface area contributed by atoms with Gasteiger partial charge in [-0.15, -0.1) is 0 Å². The Balaban J connectivity index is 1.81. The van der Waals surface area contributed by atoms with Gasteiger partial charge in [0.05, 0.1) is 26.3 Å². The van der Waals surface area contributed by atoms with Gasteiger partial charge in [0.1, 0.15) is 11.5 Å². The average molecular weight is 329 g/mol. The zero-order valence-corrected chi connectivity index (χ0v) is 13.5. The van der Waals surface area contributed by atoms with Crippen molar-refractivity contribution in [1.82, 2.24) is 10.9 Å². The first-order valence-corrected chi connectivity index (χ1v) is 7.24. The zero-order valence-electron chi connectivity index (χ0n) is 13.5. The lowest BCUT2D eigenvalue weighted by Gasteiger charge is -2.11. The van der Waals surface area contributed by atoms with Gasteiger partial charge in [-0.25, -0.2) is 10.2 Å². The van der Waals surface area contributed by atoms with Gasteiger partial charge >= 0.3 is 6.03 Å². The molecule has 0 saturated heterocycles. The number of carbonyl (C=O) groups is 2. The van der Waals surface area contributed by atoms with E-state index in [0.717, 1.165) is 5.56 Å². The quantitative estimate of drug-likeness (QED) is 0.733. The molecule has 2 rings (SSSR count). The first-order valence-electron chi connectivity index (χ1n) is 7.24. The molecule has 7 heteroatoms. The third-order valence-corrected chi connectivity index (χ3v) is 3.19. The highest BCUT2D eigenvalue weighted by molar-refractivity contribution is 5.92.